The second-order valence-electron chi connectivity index (χ2n) is 32.8. The third-order valence-electron chi connectivity index (χ3n) is 24.4. The minimum absolute atomic E-state index is 0.166. The highest BCUT2D eigenvalue weighted by atomic mass is 32.1. The summed E-state index contributed by atoms with van der Waals surface area (Å²) in [6.07, 6.45) is 30.6. The molecule has 115 heavy (non-hydrogen) atoms. The molecule has 0 amide bonds. The number of aliphatic carboxylic acids is 1. The maximum Gasteiger partial charge on any atom is 0.346 e. The van der Waals surface area contributed by atoms with E-state index < -0.39 is 5.97 Å². The topological polar surface area (TPSA) is 127 Å². The number of thiophene rings is 2. The summed E-state index contributed by atoms with van der Waals surface area (Å²) in [6, 6.07) is 59.3. The lowest BCUT2D eigenvalue weighted by molar-refractivity contribution is -0.132. The number of nitriles is 1. The van der Waals surface area contributed by atoms with Gasteiger partial charge in [0.05, 0.1) is 38.2 Å². The van der Waals surface area contributed by atoms with E-state index in [2.05, 4.69) is 234 Å². The second kappa shape index (κ2) is 43.6. The fourth-order valence-corrected chi connectivity index (χ4v) is 20.3. The summed E-state index contributed by atoms with van der Waals surface area (Å²) < 4.78 is 37.3. The molecule has 0 saturated carbocycles. The van der Waals surface area contributed by atoms with E-state index in [9.17, 15) is 15.2 Å². The van der Waals surface area contributed by atoms with Gasteiger partial charge in [0.15, 0.2) is 0 Å². The van der Waals surface area contributed by atoms with Crippen molar-refractivity contribution in [2.24, 2.45) is 35.5 Å². The van der Waals surface area contributed by atoms with Crippen LogP contribution in [0.1, 0.15) is 259 Å². The third-order valence-corrected chi connectivity index (χ3v) is 27.7. The number of anilines is 3. The molecule has 0 fully saturated rings. The Morgan fingerprint density at radius 3 is 1.24 bits per heavy atom. The molecule has 0 saturated heterocycles. The molecule has 10 aromatic rings. The lowest BCUT2D eigenvalue weighted by atomic mass is 9.70. The third kappa shape index (κ3) is 22.0. The Labute approximate surface area is 701 Å². The summed E-state index contributed by atoms with van der Waals surface area (Å²) >= 11 is 5.23. The van der Waals surface area contributed by atoms with Gasteiger partial charge in [-0.2, -0.15) is 14.0 Å². The number of carboxylic acids is 1. The maximum absolute atomic E-state index is 11.8. The van der Waals surface area contributed by atoms with E-state index in [1.165, 1.54) is 145 Å². The smallest absolute Gasteiger partial charge is 0.346 e. The van der Waals surface area contributed by atoms with Crippen molar-refractivity contribution in [1.29, 1.82) is 5.26 Å². The van der Waals surface area contributed by atoms with Gasteiger partial charge in [0, 0.05) is 76.4 Å². The van der Waals surface area contributed by atoms with E-state index in [0.29, 0.717) is 67.5 Å². The average Bonchev–Trinajstić information content (AvgIpc) is 1.54. The monoisotopic (exact) mass is 1600 g/mol. The molecular formula is C102H128N4O6S3. The molecule has 0 spiro atoms. The van der Waals surface area contributed by atoms with Crippen LogP contribution in [0.3, 0.4) is 0 Å². The van der Waals surface area contributed by atoms with Gasteiger partial charge in [-0.15, -0.1) is 22.7 Å². The van der Waals surface area contributed by atoms with Gasteiger partial charge in [-0.25, -0.2) is 4.79 Å². The predicted octanol–water partition coefficient (Wildman–Crippen LogP) is 31.1. The van der Waals surface area contributed by atoms with E-state index >= 15 is 0 Å². The number of hydrogen-bond donors (Lipinski definition) is 1. The van der Waals surface area contributed by atoms with Crippen LogP contribution in [-0.2, 0) is 10.2 Å². The largest absolute Gasteiger partial charge is 0.493 e. The molecule has 6 atom stereocenters. The number of rotatable bonds is 49. The molecular weight excluding hydrogens is 1470 g/mol. The van der Waals surface area contributed by atoms with Crippen molar-refractivity contribution in [3.05, 3.63) is 179 Å². The number of benzene rings is 7. The lowest BCUT2D eigenvalue weighted by Crippen LogP contribution is -2.30. The number of ether oxygens (including phenoxy) is 4. The first kappa shape index (κ1) is 87.3. The molecule has 11 rings (SSSR count). The van der Waals surface area contributed by atoms with Crippen molar-refractivity contribution < 1.29 is 28.8 Å². The van der Waals surface area contributed by atoms with Gasteiger partial charge in [-0.1, -0.05) is 278 Å². The summed E-state index contributed by atoms with van der Waals surface area (Å²) in [5.74, 6) is 5.24. The summed E-state index contributed by atoms with van der Waals surface area (Å²) in [6.45, 7) is 30.3. The van der Waals surface area contributed by atoms with Crippen LogP contribution in [0, 0.1) is 46.8 Å². The van der Waals surface area contributed by atoms with Gasteiger partial charge in [0.25, 0.3) is 0 Å². The van der Waals surface area contributed by atoms with E-state index in [0.717, 1.165) is 160 Å². The first-order chi connectivity index (χ1) is 56.2. The Kier molecular flexibility index (Phi) is 33.1. The zero-order chi connectivity index (χ0) is 81.2. The van der Waals surface area contributed by atoms with Gasteiger partial charge >= 0.3 is 5.97 Å². The lowest BCUT2D eigenvalue weighted by Gasteiger charge is -2.37. The number of hydrogen-bond acceptors (Lipinski definition) is 12. The first-order valence-corrected chi connectivity index (χ1v) is 46.4. The normalized spacial score (nSPS) is 14.9. The van der Waals surface area contributed by atoms with Crippen LogP contribution >= 0.6 is 34.4 Å². The van der Waals surface area contributed by atoms with Crippen molar-refractivity contribution in [1.82, 2.24) is 8.75 Å². The molecule has 0 bridgehead atoms. The summed E-state index contributed by atoms with van der Waals surface area (Å²) in [4.78, 5) is 19.6. The standard InChI is InChI=1S/C102H128N4O6S3/c1-13-24-30-70(12)66-111-93-59-85(109-67-73(21-9)33-27-16-4)52-54-87(93)77-40-46-82(47-41-77)106(83-48-42-78(43-49-83)88-55-53-86(110-68-74(22-10)34-28-17-5)60-94(88)112-69-75(23-11)35-29-18-6)84-50-44-79(45-51-84)89-56-57-90(98-97(89)104-115-105-98)96-62-92-91-61-95(80-38-36-76(37-39-80)58-81(65-103)101(107)108)113-99(91)102(100(92)114-96,63-71(19-7)31-25-14-2)64-72(20-8)32-26-15-3/h36-62,70-75H,13-35,63-64,66-69H2,1-12H3,(H,107,108)/b81-58+. The molecule has 1 aliphatic rings. The Morgan fingerprint density at radius 1 is 0.435 bits per heavy atom. The van der Waals surface area contributed by atoms with Gasteiger partial charge < -0.3 is 29.0 Å². The first-order valence-electron chi connectivity index (χ1n) is 44.1. The highest BCUT2D eigenvalue weighted by molar-refractivity contribution is 7.18. The van der Waals surface area contributed by atoms with Crippen LogP contribution in [0.15, 0.2) is 163 Å². The molecule has 6 unspecified atom stereocenters. The number of carboxylic acid groups (broad SMARTS) is 1. The Hall–Kier alpha value is -8.54. The molecule has 13 heteroatoms. The average molecular weight is 1600 g/mol. The van der Waals surface area contributed by atoms with Crippen LogP contribution in [0.4, 0.5) is 17.1 Å². The molecule has 1 N–H and O–H groups in total. The Bertz CT molecular complexity index is 4740. The van der Waals surface area contributed by atoms with Gasteiger partial charge in [-0.3, -0.25) is 0 Å². The number of fused-ring (bicyclic) bond motifs is 4. The number of aromatic nitrogens is 2. The van der Waals surface area contributed by atoms with E-state index in [1.54, 1.807) is 0 Å². The second-order valence-corrected chi connectivity index (χ2v) is 35.4. The van der Waals surface area contributed by atoms with Crippen LogP contribution in [0.25, 0.3) is 82.5 Å². The highest BCUT2D eigenvalue weighted by Crippen LogP contribution is 2.63. The molecule has 610 valence electrons. The van der Waals surface area contributed by atoms with Gasteiger partial charge in [-0.05, 0) is 192 Å². The summed E-state index contributed by atoms with van der Waals surface area (Å²) in [7, 11) is 0. The molecule has 3 heterocycles. The van der Waals surface area contributed by atoms with Gasteiger partial charge in [0.2, 0.25) is 0 Å². The molecule has 0 aliphatic heterocycles. The van der Waals surface area contributed by atoms with Crippen molar-refractivity contribution in [2.45, 2.75) is 249 Å². The van der Waals surface area contributed by atoms with Crippen molar-refractivity contribution in [3.63, 3.8) is 0 Å². The predicted molar refractivity (Wildman–Crippen MR) is 489 cm³/mol. The molecule has 10 nitrogen and oxygen atoms in total. The zero-order valence-corrected chi connectivity index (χ0v) is 73.5. The van der Waals surface area contributed by atoms with Crippen molar-refractivity contribution in [2.75, 3.05) is 31.3 Å². The maximum atomic E-state index is 11.8. The molecule has 3 aromatic heterocycles. The molecule has 0 radical (unpaired) electrons. The fraction of sp³-hybridized carbons (Fsp3) is 0.471. The van der Waals surface area contributed by atoms with Gasteiger partial charge in [0.1, 0.15) is 45.7 Å². The molecule has 1 aliphatic carbocycles. The fourth-order valence-electron chi connectivity index (χ4n) is 16.9. The summed E-state index contributed by atoms with van der Waals surface area (Å²) in [5.41, 5.74) is 16.3. The van der Waals surface area contributed by atoms with Crippen LogP contribution in [0.2, 0.25) is 0 Å². The van der Waals surface area contributed by atoms with E-state index in [-0.39, 0.29) is 11.0 Å². The zero-order valence-electron chi connectivity index (χ0n) is 71.1. The minimum Gasteiger partial charge on any atom is -0.493 e. The summed E-state index contributed by atoms with van der Waals surface area (Å²) in [5, 5.41) is 19.3. The minimum atomic E-state index is -1.22. The number of carbonyl (C=O) groups is 1. The van der Waals surface area contributed by atoms with Crippen LogP contribution in [-0.4, -0.2) is 46.3 Å². The van der Waals surface area contributed by atoms with Crippen LogP contribution < -0.4 is 23.8 Å². The quantitative estimate of drug-likeness (QED) is 0.0291. The van der Waals surface area contributed by atoms with Crippen LogP contribution in [0.5, 0.6) is 23.0 Å². The highest BCUT2D eigenvalue weighted by Gasteiger charge is 2.49. The Morgan fingerprint density at radius 2 is 0.809 bits per heavy atom. The SMILES string of the molecule is CCCCC(C)COc1cc(OCC(CC)CCCC)ccc1-c1ccc(N(c2ccc(-c3ccc(OCC(CC)CCCC)cc3OCC(CC)CCCC)cc2)c2ccc(-c3ccc(-c4cc5c(s4)C(CC(CC)CCCC)(CC(CC)CCCC)c4sc(-c6ccc(/C=C(\C#N)C(=O)O)cc6)cc4-5)c4nsnc34)cc2)cc1. The number of nitrogens with zero attached hydrogens (tertiary/aromatic N) is 4. The van der Waals surface area contributed by atoms with Crippen molar-refractivity contribution in [3.8, 4) is 94.5 Å². The van der Waals surface area contributed by atoms with E-state index in [4.69, 9.17) is 27.7 Å². The Balaban J connectivity index is 0.974. The van der Waals surface area contributed by atoms with E-state index in [1.807, 2.05) is 40.9 Å². The molecule has 7 aromatic carbocycles. The number of unbranched alkanes of at least 4 members (excludes halogenated alkanes) is 6. The van der Waals surface area contributed by atoms with Crippen molar-refractivity contribution >= 4 is 74.5 Å².